The number of hydrogen-bond acceptors (Lipinski definition) is 1. The fourth-order valence-electron chi connectivity index (χ4n) is 1.89. The molecule has 0 saturated carbocycles. The number of rotatable bonds is 4. The summed E-state index contributed by atoms with van der Waals surface area (Å²) in [4.78, 5) is 0.819. The van der Waals surface area contributed by atoms with E-state index in [1.807, 2.05) is 31.2 Å². The van der Waals surface area contributed by atoms with Crippen molar-refractivity contribution >= 4 is 18.9 Å². The van der Waals surface area contributed by atoms with Crippen LogP contribution >= 0.6 is 0 Å². The normalized spacial score (nSPS) is 12.7. The lowest BCUT2D eigenvalue weighted by Gasteiger charge is -2.19. The van der Waals surface area contributed by atoms with Crippen molar-refractivity contribution in [3.8, 4) is 10.8 Å². The maximum Gasteiger partial charge on any atom is 0.138 e. The first-order valence-corrected chi connectivity index (χ1v) is 10.3. The number of aryl methyl sites for hydroxylation is 1. The Bertz CT molecular complexity index is 455. The summed E-state index contributed by atoms with van der Waals surface area (Å²) in [6.45, 7) is 8.66. The Morgan fingerprint density at radius 3 is 2.00 bits per heavy atom. The smallest absolute Gasteiger partial charge is 0.138 e. The van der Waals surface area contributed by atoms with Gasteiger partial charge in [-0.15, -0.1) is 5.54 Å². The molecule has 0 aliphatic carbocycles. The van der Waals surface area contributed by atoms with Gasteiger partial charge in [-0.25, -0.2) is 4.21 Å². The van der Waals surface area contributed by atoms with E-state index in [-0.39, 0.29) is 0 Å². The summed E-state index contributed by atoms with van der Waals surface area (Å²) in [5, 5.41) is 3.00. The van der Waals surface area contributed by atoms with Gasteiger partial charge in [0.25, 0.3) is 0 Å². The van der Waals surface area contributed by atoms with E-state index in [0.717, 1.165) is 23.0 Å². The van der Waals surface area contributed by atoms with Crippen LogP contribution < -0.4 is 0 Å². The molecule has 0 N–H and O–H groups in total. The lowest BCUT2D eigenvalue weighted by molar-refractivity contribution is 0.689. The van der Waals surface area contributed by atoms with Crippen LogP contribution in [0.5, 0.6) is 0 Å². The van der Waals surface area contributed by atoms with Crippen LogP contribution in [0.15, 0.2) is 29.2 Å². The lowest BCUT2D eigenvalue weighted by atomic mass is 10.2. The molecule has 0 saturated heterocycles. The maximum atomic E-state index is 12.1. The molecule has 0 spiro atoms. The van der Waals surface area contributed by atoms with Gasteiger partial charge in [-0.05, 0) is 42.4 Å². The second-order valence-corrected chi connectivity index (χ2v) is 10.8. The molecule has 0 aromatic heterocycles. The van der Waals surface area contributed by atoms with Gasteiger partial charge in [-0.3, -0.25) is 0 Å². The van der Waals surface area contributed by atoms with Gasteiger partial charge in [0, 0.05) is 0 Å². The van der Waals surface area contributed by atoms with Crippen LogP contribution in [0.4, 0.5) is 0 Å². The second kappa shape index (κ2) is 6.91. The van der Waals surface area contributed by atoms with Crippen LogP contribution in [0.25, 0.3) is 0 Å². The third-order valence-electron chi connectivity index (χ3n) is 3.67. The van der Waals surface area contributed by atoms with E-state index in [9.17, 15) is 4.21 Å². The van der Waals surface area contributed by atoms with Gasteiger partial charge in [-0.1, -0.05) is 38.5 Å². The van der Waals surface area contributed by atoms with Crippen LogP contribution in [0, 0.1) is 17.7 Å². The molecule has 0 bridgehead atoms. The summed E-state index contributed by atoms with van der Waals surface area (Å²) >= 11 is 0. The van der Waals surface area contributed by atoms with Crippen LogP contribution in [0.1, 0.15) is 26.3 Å². The third-order valence-corrected chi connectivity index (χ3v) is 9.56. The largest absolute Gasteiger partial charge is 0.241 e. The molecule has 1 aromatic rings. The minimum atomic E-state index is -1.48. The van der Waals surface area contributed by atoms with Crippen LogP contribution in [-0.2, 0) is 10.8 Å². The Labute approximate surface area is 114 Å². The van der Waals surface area contributed by atoms with Crippen molar-refractivity contribution < 1.29 is 4.21 Å². The van der Waals surface area contributed by atoms with Crippen molar-refractivity contribution in [2.75, 3.05) is 0 Å². The lowest BCUT2D eigenvalue weighted by Crippen LogP contribution is -2.29. The average molecular weight is 278 g/mol. The van der Waals surface area contributed by atoms with Crippen molar-refractivity contribution in [3.63, 3.8) is 0 Å². The molecule has 18 heavy (non-hydrogen) atoms. The quantitative estimate of drug-likeness (QED) is 0.598. The molecule has 1 nitrogen and oxygen atoms in total. The van der Waals surface area contributed by atoms with Gasteiger partial charge < -0.3 is 0 Å². The van der Waals surface area contributed by atoms with Gasteiger partial charge in [0.1, 0.15) is 18.9 Å². The van der Waals surface area contributed by atoms with Gasteiger partial charge in [-0.2, -0.15) is 0 Å². The van der Waals surface area contributed by atoms with Crippen molar-refractivity contribution in [2.45, 2.75) is 50.7 Å². The van der Waals surface area contributed by atoms with E-state index < -0.39 is 18.9 Å². The van der Waals surface area contributed by atoms with Gasteiger partial charge in [0.15, 0.2) is 0 Å². The van der Waals surface area contributed by atoms with E-state index in [0.29, 0.717) is 0 Å². The van der Waals surface area contributed by atoms with Gasteiger partial charge >= 0.3 is 0 Å². The standard InChI is InChI=1S/C15H22OSSi/c1-5-18(6-2,7-3)13-12-17(16)15-10-8-14(4)9-11-15/h8-11H,5-7H2,1-4H3/t17-/m0/s1. The molecule has 0 heterocycles. The summed E-state index contributed by atoms with van der Waals surface area (Å²) in [5.74, 6) is 0. The molecule has 1 atom stereocenters. The van der Waals surface area contributed by atoms with Crippen molar-refractivity contribution in [2.24, 2.45) is 0 Å². The summed E-state index contributed by atoms with van der Waals surface area (Å²) < 4.78 is 12.1. The third kappa shape index (κ3) is 3.83. The summed E-state index contributed by atoms with van der Waals surface area (Å²) in [6.07, 6.45) is 0. The Kier molecular flexibility index (Phi) is 5.84. The highest BCUT2D eigenvalue weighted by molar-refractivity contribution is 7.90. The van der Waals surface area contributed by atoms with E-state index in [1.54, 1.807) is 0 Å². The first-order valence-electron chi connectivity index (χ1n) is 6.58. The minimum Gasteiger partial charge on any atom is -0.241 e. The summed E-state index contributed by atoms with van der Waals surface area (Å²) in [7, 11) is -2.65. The molecule has 0 aliphatic rings. The molecular formula is C15H22OSSi. The van der Waals surface area contributed by atoms with Crippen LogP contribution in [-0.4, -0.2) is 12.3 Å². The predicted octanol–water partition coefficient (Wildman–Crippen LogP) is 4.11. The molecule has 98 valence electrons. The Hall–Kier alpha value is -0.853. The fourth-order valence-corrected chi connectivity index (χ4v) is 5.66. The molecule has 0 unspecified atom stereocenters. The van der Waals surface area contributed by atoms with Gasteiger partial charge in [0.05, 0.1) is 4.90 Å². The molecule has 0 fully saturated rings. The van der Waals surface area contributed by atoms with Gasteiger partial charge in [0.2, 0.25) is 0 Å². The number of hydrogen-bond donors (Lipinski definition) is 0. The van der Waals surface area contributed by atoms with E-state index >= 15 is 0 Å². The SMILES string of the molecule is CC[Si](C#C[S@](=O)c1ccc(C)cc1)(CC)CC. The van der Waals surface area contributed by atoms with Crippen molar-refractivity contribution in [3.05, 3.63) is 29.8 Å². The van der Waals surface area contributed by atoms with Crippen LogP contribution in [0.3, 0.4) is 0 Å². The second-order valence-electron chi connectivity index (χ2n) is 4.65. The predicted molar refractivity (Wildman–Crippen MR) is 82.6 cm³/mol. The highest BCUT2D eigenvalue weighted by Crippen LogP contribution is 2.19. The summed E-state index contributed by atoms with van der Waals surface area (Å²) in [5.41, 5.74) is 4.57. The first kappa shape index (κ1) is 15.2. The zero-order chi connectivity index (χ0) is 13.6. The number of benzene rings is 1. The molecular weight excluding hydrogens is 256 g/mol. The zero-order valence-corrected chi connectivity index (χ0v) is 13.6. The zero-order valence-electron chi connectivity index (χ0n) is 11.7. The van der Waals surface area contributed by atoms with Crippen LogP contribution in [0.2, 0.25) is 18.1 Å². The van der Waals surface area contributed by atoms with Crippen molar-refractivity contribution in [1.82, 2.24) is 0 Å². The van der Waals surface area contributed by atoms with E-state index in [4.69, 9.17) is 0 Å². The van der Waals surface area contributed by atoms with E-state index in [1.165, 1.54) is 5.56 Å². The molecule has 0 aliphatic heterocycles. The highest BCUT2D eigenvalue weighted by atomic mass is 32.2. The molecule has 1 aromatic carbocycles. The maximum absolute atomic E-state index is 12.1. The molecule has 0 radical (unpaired) electrons. The van der Waals surface area contributed by atoms with Crippen molar-refractivity contribution in [1.29, 1.82) is 0 Å². The molecule has 0 amide bonds. The first-order chi connectivity index (χ1) is 8.56. The fraction of sp³-hybridized carbons (Fsp3) is 0.467. The highest BCUT2D eigenvalue weighted by Gasteiger charge is 2.24. The topological polar surface area (TPSA) is 17.1 Å². The Balaban J connectivity index is 2.91. The minimum absolute atomic E-state index is 0.819. The molecule has 1 rings (SSSR count). The molecule has 3 heteroatoms. The van der Waals surface area contributed by atoms with E-state index in [2.05, 4.69) is 31.6 Å². The Morgan fingerprint density at radius 2 is 1.56 bits per heavy atom. The average Bonchev–Trinajstić information content (AvgIpc) is 2.41. The Morgan fingerprint density at radius 1 is 1.06 bits per heavy atom. The monoisotopic (exact) mass is 278 g/mol. The summed E-state index contributed by atoms with van der Waals surface area (Å²) in [6, 6.07) is 11.2.